The highest BCUT2D eigenvalue weighted by Crippen LogP contribution is 2.70. The Morgan fingerprint density at radius 1 is 1.32 bits per heavy atom. The molecule has 5 nitrogen and oxygen atoms in total. The molecule has 0 heterocycles. The quantitative estimate of drug-likeness (QED) is 0.670. The second-order valence-electron chi connectivity index (χ2n) is 9.66. The van der Waals surface area contributed by atoms with E-state index in [1.54, 1.807) is 26.8 Å². The molecule has 0 spiro atoms. The third-order valence-electron chi connectivity index (χ3n) is 8.72. The second-order valence-corrected chi connectivity index (χ2v) is 9.66. The molecule has 0 amide bonds. The molecular weight excluding hydrogens is 363 g/mol. The van der Waals surface area contributed by atoms with E-state index in [1.165, 1.54) is 19.3 Å². The van der Waals surface area contributed by atoms with E-state index in [2.05, 4.69) is 0 Å². The Morgan fingerprint density at radius 3 is 2.64 bits per heavy atom. The van der Waals surface area contributed by atoms with E-state index in [-0.39, 0.29) is 18.1 Å². The average molecular weight is 392 g/mol. The van der Waals surface area contributed by atoms with Gasteiger partial charge >= 0.3 is 5.97 Å². The lowest BCUT2D eigenvalue weighted by atomic mass is 9.45. The molecule has 154 valence electrons. The first-order chi connectivity index (χ1) is 13.0. The van der Waals surface area contributed by atoms with Gasteiger partial charge in [-0.25, -0.2) is 9.18 Å². The molecule has 0 radical (unpaired) electrons. The smallest absolute Gasteiger partial charge is 0.338 e. The van der Waals surface area contributed by atoms with Crippen molar-refractivity contribution >= 4 is 11.8 Å². The van der Waals surface area contributed by atoms with Crippen LogP contribution in [0.15, 0.2) is 23.8 Å². The maximum atomic E-state index is 16.9. The van der Waals surface area contributed by atoms with Crippen LogP contribution in [0.25, 0.3) is 0 Å². The van der Waals surface area contributed by atoms with E-state index in [0.717, 1.165) is 5.57 Å². The number of halogens is 1. The third kappa shape index (κ3) is 1.98. The summed E-state index contributed by atoms with van der Waals surface area (Å²) in [4.78, 5) is 24.4. The Bertz CT molecular complexity index is 805. The van der Waals surface area contributed by atoms with Crippen molar-refractivity contribution in [3.05, 3.63) is 23.8 Å². The summed E-state index contributed by atoms with van der Waals surface area (Å²) in [6, 6.07) is 0. The van der Waals surface area contributed by atoms with Crippen molar-refractivity contribution in [2.75, 3.05) is 7.11 Å². The lowest BCUT2D eigenvalue weighted by Crippen LogP contribution is -2.69. The number of fused-ring (bicyclic) bond motifs is 5. The number of aliphatic hydroxyl groups is 2. The van der Waals surface area contributed by atoms with Crippen LogP contribution in [0, 0.1) is 28.6 Å². The topological polar surface area (TPSA) is 83.8 Å². The van der Waals surface area contributed by atoms with Gasteiger partial charge in [0.1, 0.15) is 0 Å². The largest absolute Gasteiger partial charge is 0.467 e. The zero-order valence-corrected chi connectivity index (χ0v) is 16.9. The number of rotatable bonds is 1. The molecule has 6 heteroatoms. The van der Waals surface area contributed by atoms with Gasteiger partial charge in [0.15, 0.2) is 17.1 Å². The number of hydrogen-bond donors (Lipinski definition) is 2. The van der Waals surface area contributed by atoms with Crippen LogP contribution < -0.4 is 0 Å². The molecule has 4 aliphatic rings. The Kier molecular flexibility index (Phi) is 4.07. The normalized spacial score (nSPS) is 52.4. The predicted molar refractivity (Wildman–Crippen MR) is 99.9 cm³/mol. The number of aliphatic hydroxyl groups excluding tert-OH is 1. The zero-order chi connectivity index (χ0) is 20.7. The second kappa shape index (κ2) is 5.76. The van der Waals surface area contributed by atoms with E-state index in [0.29, 0.717) is 19.3 Å². The molecule has 4 aliphatic carbocycles. The van der Waals surface area contributed by atoms with Crippen molar-refractivity contribution in [2.45, 2.75) is 63.8 Å². The molecule has 0 aliphatic heterocycles. The van der Waals surface area contributed by atoms with Gasteiger partial charge in [-0.15, -0.1) is 0 Å². The van der Waals surface area contributed by atoms with Gasteiger partial charge in [0.25, 0.3) is 0 Å². The van der Waals surface area contributed by atoms with E-state index in [4.69, 9.17) is 4.74 Å². The number of ketones is 1. The van der Waals surface area contributed by atoms with E-state index < -0.39 is 46.0 Å². The first-order valence-corrected chi connectivity index (χ1v) is 10.1. The number of hydrogen-bond acceptors (Lipinski definition) is 5. The van der Waals surface area contributed by atoms with Crippen LogP contribution in [0.3, 0.4) is 0 Å². The lowest BCUT2D eigenvalue weighted by molar-refractivity contribution is -0.226. The number of allylic oxidation sites excluding steroid dienone is 4. The molecule has 0 aromatic heterocycles. The number of alkyl halides is 1. The monoisotopic (exact) mass is 392 g/mol. The van der Waals surface area contributed by atoms with E-state index >= 15 is 4.39 Å². The molecule has 8 atom stereocenters. The van der Waals surface area contributed by atoms with Crippen molar-refractivity contribution in [1.82, 2.24) is 0 Å². The van der Waals surface area contributed by atoms with Gasteiger partial charge in [0.2, 0.25) is 0 Å². The summed E-state index contributed by atoms with van der Waals surface area (Å²) in [5.74, 6) is -2.07. The minimum atomic E-state index is -1.96. The van der Waals surface area contributed by atoms with Crippen molar-refractivity contribution in [2.24, 2.45) is 28.6 Å². The van der Waals surface area contributed by atoms with Crippen molar-refractivity contribution < 1.29 is 28.9 Å². The first-order valence-electron chi connectivity index (χ1n) is 10.1. The molecule has 28 heavy (non-hydrogen) atoms. The van der Waals surface area contributed by atoms with Crippen molar-refractivity contribution in [3.8, 4) is 0 Å². The highest BCUT2D eigenvalue weighted by atomic mass is 19.1. The highest BCUT2D eigenvalue weighted by molar-refractivity contribution is 6.01. The molecule has 2 N–H and O–H groups in total. The number of methoxy groups -OCH3 is 1. The summed E-state index contributed by atoms with van der Waals surface area (Å²) in [6.45, 7) is 5.33. The van der Waals surface area contributed by atoms with Gasteiger partial charge in [-0.3, -0.25) is 4.79 Å². The van der Waals surface area contributed by atoms with Gasteiger partial charge in [0, 0.05) is 16.7 Å². The summed E-state index contributed by atoms with van der Waals surface area (Å²) < 4.78 is 21.8. The van der Waals surface area contributed by atoms with Gasteiger partial charge in [-0.2, -0.15) is 0 Å². The standard InChI is InChI=1S/C22H29FO5/c1-12-9-16-15-6-5-13-10-14(24)7-8-19(13,2)21(15,23)17(25)11-20(16,3)22(12,27)18(26)28-4/h7-8,10,12,15-17,25,27H,5-6,9,11H2,1-4H3/t12?,15?,16?,17?,19?,20?,21-,22-/m0/s1. The van der Waals surface area contributed by atoms with E-state index in [9.17, 15) is 19.8 Å². The molecule has 0 aromatic carbocycles. The maximum Gasteiger partial charge on any atom is 0.338 e. The van der Waals surface area contributed by atoms with Gasteiger partial charge < -0.3 is 14.9 Å². The Hall–Kier alpha value is -1.53. The van der Waals surface area contributed by atoms with Crippen molar-refractivity contribution in [1.29, 1.82) is 0 Å². The van der Waals surface area contributed by atoms with Crippen LogP contribution in [0.1, 0.15) is 46.5 Å². The summed E-state index contributed by atoms with van der Waals surface area (Å²) in [6.07, 6.45) is 4.61. The summed E-state index contributed by atoms with van der Waals surface area (Å²) >= 11 is 0. The van der Waals surface area contributed by atoms with Crippen LogP contribution in [-0.4, -0.2) is 46.4 Å². The molecule has 3 fully saturated rings. The molecular formula is C22H29FO5. The molecule has 0 aromatic rings. The number of ether oxygens (including phenoxy) is 1. The molecule has 6 unspecified atom stereocenters. The number of esters is 1. The minimum Gasteiger partial charge on any atom is -0.467 e. The Balaban J connectivity index is 1.84. The summed E-state index contributed by atoms with van der Waals surface area (Å²) in [7, 11) is 1.24. The lowest BCUT2D eigenvalue weighted by Gasteiger charge is -2.62. The van der Waals surface area contributed by atoms with Crippen LogP contribution >= 0.6 is 0 Å². The van der Waals surface area contributed by atoms with Gasteiger partial charge in [-0.1, -0.05) is 25.5 Å². The fourth-order valence-electron chi connectivity index (χ4n) is 7.14. The van der Waals surface area contributed by atoms with Gasteiger partial charge in [-0.05, 0) is 56.6 Å². The van der Waals surface area contributed by atoms with E-state index in [1.807, 2.05) is 0 Å². The van der Waals surface area contributed by atoms with Crippen LogP contribution in [-0.2, 0) is 14.3 Å². The molecule has 0 saturated heterocycles. The molecule has 4 rings (SSSR count). The maximum absolute atomic E-state index is 16.9. The Morgan fingerprint density at radius 2 is 2.00 bits per heavy atom. The van der Waals surface area contributed by atoms with Gasteiger partial charge in [0.05, 0.1) is 13.2 Å². The highest BCUT2D eigenvalue weighted by Gasteiger charge is 2.76. The van der Waals surface area contributed by atoms with Crippen LogP contribution in [0.5, 0.6) is 0 Å². The molecule has 0 bridgehead atoms. The number of carbonyl (C=O) groups is 2. The van der Waals surface area contributed by atoms with Crippen LogP contribution in [0.2, 0.25) is 0 Å². The SMILES string of the molecule is COC(=O)[C@@]1(O)C(C)CC2C3CCC4=CC(=O)C=CC4(C)[C@@]3(F)C(O)CC21C. The average Bonchev–Trinajstić information content (AvgIpc) is 2.84. The molecule has 3 saturated carbocycles. The van der Waals surface area contributed by atoms with Crippen molar-refractivity contribution in [3.63, 3.8) is 0 Å². The predicted octanol–water partition coefficient (Wildman–Crippen LogP) is 2.51. The fourth-order valence-corrected chi connectivity index (χ4v) is 7.14. The van der Waals surface area contributed by atoms with Crippen LogP contribution in [0.4, 0.5) is 4.39 Å². The summed E-state index contributed by atoms with van der Waals surface area (Å²) in [5, 5.41) is 22.6. The zero-order valence-electron chi connectivity index (χ0n) is 16.9. The fraction of sp³-hybridized carbons (Fsp3) is 0.727. The first kappa shape index (κ1) is 19.8. The third-order valence-corrected chi connectivity index (χ3v) is 8.72. The Labute approximate surface area is 164 Å². The summed E-state index contributed by atoms with van der Waals surface area (Å²) in [5.41, 5.74) is -5.05. The minimum absolute atomic E-state index is 0.0364. The number of carbonyl (C=O) groups excluding carboxylic acids is 2.